The topological polar surface area (TPSA) is 99.9 Å². The first-order valence-electron chi connectivity index (χ1n) is 11.1. The first-order chi connectivity index (χ1) is 17.0. The summed E-state index contributed by atoms with van der Waals surface area (Å²) >= 11 is 1.25. The Bertz CT molecular complexity index is 1390. The number of aromatic nitrogens is 1. The molecule has 178 valence electrons. The van der Waals surface area contributed by atoms with Crippen LogP contribution >= 0.6 is 11.3 Å². The van der Waals surface area contributed by atoms with Crippen molar-refractivity contribution in [2.75, 3.05) is 25.1 Å². The number of aryl methyl sites for hydroxylation is 1. The van der Waals surface area contributed by atoms with Gasteiger partial charge in [0.15, 0.2) is 23.0 Å². The largest absolute Gasteiger partial charge is 0.486 e. The van der Waals surface area contributed by atoms with E-state index >= 15 is 0 Å². The van der Waals surface area contributed by atoms with Crippen LogP contribution in [-0.2, 0) is 4.74 Å². The third-order valence-electron chi connectivity index (χ3n) is 5.43. The fourth-order valence-electron chi connectivity index (χ4n) is 3.68. The zero-order chi connectivity index (χ0) is 24.4. The van der Waals surface area contributed by atoms with Gasteiger partial charge in [-0.15, -0.1) is 11.3 Å². The van der Waals surface area contributed by atoms with Gasteiger partial charge < -0.3 is 24.1 Å². The summed E-state index contributed by atoms with van der Waals surface area (Å²) in [6.07, 6.45) is 0. The Hall–Kier alpha value is -4.11. The number of hydrogen-bond acceptors (Lipinski definition) is 8. The van der Waals surface area contributed by atoms with E-state index in [1.54, 1.807) is 25.1 Å². The van der Waals surface area contributed by atoms with E-state index in [4.69, 9.17) is 18.7 Å². The Balaban J connectivity index is 1.41. The van der Waals surface area contributed by atoms with E-state index in [-0.39, 0.29) is 12.3 Å². The fourth-order valence-corrected chi connectivity index (χ4v) is 4.64. The second-order valence-electron chi connectivity index (χ2n) is 7.83. The molecule has 0 spiro atoms. The minimum atomic E-state index is -0.503. The van der Waals surface area contributed by atoms with Gasteiger partial charge in [-0.2, -0.15) is 0 Å². The van der Waals surface area contributed by atoms with E-state index in [0.29, 0.717) is 52.2 Å². The van der Waals surface area contributed by atoms with Gasteiger partial charge in [-0.25, -0.2) is 4.79 Å². The number of rotatable bonds is 6. The number of benzene rings is 2. The van der Waals surface area contributed by atoms with Crippen molar-refractivity contribution in [3.63, 3.8) is 0 Å². The number of carbonyl (C=O) groups is 2. The van der Waals surface area contributed by atoms with Gasteiger partial charge in [0.25, 0.3) is 5.91 Å². The predicted molar refractivity (Wildman–Crippen MR) is 131 cm³/mol. The molecule has 9 heteroatoms. The zero-order valence-corrected chi connectivity index (χ0v) is 19.9. The van der Waals surface area contributed by atoms with Crippen LogP contribution in [0.15, 0.2) is 58.4 Å². The Morgan fingerprint density at radius 1 is 1.03 bits per heavy atom. The highest BCUT2D eigenvalue weighted by Gasteiger charge is 2.24. The van der Waals surface area contributed by atoms with Gasteiger partial charge >= 0.3 is 5.97 Å². The van der Waals surface area contributed by atoms with Crippen molar-refractivity contribution < 1.29 is 28.3 Å². The number of esters is 1. The fraction of sp³-hybridized carbons (Fsp3) is 0.192. The molecule has 35 heavy (non-hydrogen) atoms. The third-order valence-corrected chi connectivity index (χ3v) is 6.33. The number of nitrogens with zero attached hydrogens (tertiary/aromatic N) is 1. The van der Waals surface area contributed by atoms with E-state index in [9.17, 15) is 9.59 Å². The molecule has 0 radical (unpaired) electrons. The minimum Gasteiger partial charge on any atom is -0.486 e. The molecule has 0 saturated heterocycles. The molecule has 0 unspecified atom stereocenters. The van der Waals surface area contributed by atoms with Crippen LogP contribution in [0.1, 0.15) is 33.3 Å². The lowest BCUT2D eigenvalue weighted by Gasteiger charge is -2.18. The van der Waals surface area contributed by atoms with Crippen molar-refractivity contribution >= 4 is 28.2 Å². The van der Waals surface area contributed by atoms with Crippen LogP contribution in [0.5, 0.6) is 11.5 Å². The Labute approximate surface area is 205 Å². The standard InChI is InChI=1S/C26H22N2O6S/c1-3-31-26(30)23-18(16-6-4-15(2)5-7-16)14-35-25(23)27-24(29)19-13-21(34-28-19)17-8-9-20-22(12-17)33-11-10-32-20/h4-9,12-14H,3,10-11H2,1-2H3,(H,27,29). The SMILES string of the molecule is CCOC(=O)c1c(-c2ccc(C)cc2)csc1NC(=O)c1cc(-c2ccc3c(c2)OCCO3)on1. The van der Waals surface area contributed by atoms with Crippen molar-refractivity contribution in [3.8, 4) is 33.9 Å². The van der Waals surface area contributed by atoms with E-state index < -0.39 is 11.9 Å². The van der Waals surface area contributed by atoms with E-state index in [0.717, 1.165) is 11.1 Å². The summed E-state index contributed by atoms with van der Waals surface area (Å²) < 4.78 is 21.8. The smallest absolute Gasteiger partial charge is 0.341 e. The summed E-state index contributed by atoms with van der Waals surface area (Å²) in [4.78, 5) is 25.8. The molecule has 1 amide bonds. The second kappa shape index (κ2) is 9.63. The van der Waals surface area contributed by atoms with Crippen molar-refractivity contribution in [1.82, 2.24) is 5.16 Å². The van der Waals surface area contributed by atoms with Crippen LogP contribution in [0, 0.1) is 6.92 Å². The molecular formula is C26H22N2O6S. The molecule has 1 N–H and O–H groups in total. The van der Waals surface area contributed by atoms with Crippen molar-refractivity contribution in [2.45, 2.75) is 13.8 Å². The third kappa shape index (κ3) is 4.63. The summed E-state index contributed by atoms with van der Waals surface area (Å²) in [7, 11) is 0. The number of nitrogens with one attached hydrogen (secondary N) is 1. The second-order valence-corrected chi connectivity index (χ2v) is 8.71. The average Bonchev–Trinajstić information content (AvgIpc) is 3.52. The summed E-state index contributed by atoms with van der Waals surface area (Å²) in [5.74, 6) is 0.671. The molecule has 4 aromatic rings. The van der Waals surface area contributed by atoms with Gasteiger partial charge in [0.2, 0.25) is 0 Å². The van der Waals surface area contributed by atoms with E-state index in [1.165, 1.54) is 11.3 Å². The summed E-state index contributed by atoms with van der Waals surface area (Å²) in [5, 5.41) is 8.92. The number of amides is 1. The molecule has 2 aromatic heterocycles. The maximum absolute atomic E-state index is 13.0. The van der Waals surface area contributed by atoms with Crippen molar-refractivity contribution in [2.24, 2.45) is 0 Å². The minimum absolute atomic E-state index is 0.0787. The number of thiophene rings is 1. The van der Waals surface area contributed by atoms with Gasteiger partial charge in [-0.1, -0.05) is 35.0 Å². The number of carbonyl (C=O) groups excluding carboxylic acids is 2. The van der Waals surface area contributed by atoms with Crippen LogP contribution in [0.25, 0.3) is 22.5 Å². The molecule has 1 aliphatic heterocycles. The maximum Gasteiger partial charge on any atom is 0.341 e. The van der Waals surface area contributed by atoms with Gasteiger partial charge in [0.1, 0.15) is 23.8 Å². The molecule has 8 nitrogen and oxygen atoms in total. The van der Waals surface area contributed by atoms with Gasteiger partial charge in [-0.05, 0) is 37.6 Å². The lowest BCUT2D eigenvalue weighted by Crippen LogP contribution is -2.15. The first kappa shape index (κ1) is 22.7. The predicted octanol–water partition coefficient (Wildman–Crippen LogP) is 5.58. The lowest BCUT2D eigenvalue weighted by molar-refractivity contribution is 0.0529. The number of fused-ring (bicyclic) bond motifs is 1. The number of hydrogen-bond donors (Lipinski definition) is 1. The number of ether oxygens (including phenoxy) is 3. The lowest BCUT2D eigenvalue weighted by atomic mass is 10.0. The highest BCUT2D eigenvalue weighted by Crippen LogP contribution is 2.37. The van der Waals surface area contributed by atoms with Crippen LogP contribution in [0.3, 0.4) is 0 Å². The summed E-state index contributed by atoms with van der Waals surface area (Å²) in [6, 6.07) is 14.7. The highest BCUT2D eigenvalue weighted by molar-refractivity contribution is 7.15. The van der Waals surface area contributed by atoms with Crippen LogP contribution < -0.4 is 14.8 Å². The summed E-state index contributed by atoms with van der Waals surface area (Å²) in [5.41, 5.74) is 3.75. The van der Waals surface area contributed by atoms with Crippen LogP contribution in [-0.4, -0.2) is 36.9 Å². The Kier molecular flexibility index (Phi) is 6.24. The molecule has 0 bridgehead atoms. The Morgan fingerprint density at radius 3 is 2.54 bits per heavy atom. The maximum atomic E-state index is 13.0. The molecule has 2 aromatic carbocycles. The molecule has 0 fully saturated rings. The van der Waals surface area contributed by atoms with Crippen molar-refractivity contribution in [1.29, 1.82) is 0 Å². The quantitative estimate of drug-likeness (QED) is 0.352. The monoisotopic (exact) mass is 490 g/mol. The van der Waals surface area contributed by atoms with Gasteiger partial charge in [0, 0.05) is 22.6 Å². The van der Waals surface area contributed by atoms with Crippen molar-refractivity contribution in [3.05, 3.63) is 70.7 Å². The molecule has 1 aliphatic rings. The van der Waals surface area contributed by atoms with Crippen LogP contribution in [0.2, 0.25) is 0 Å². The molecule has 0 atom stereocenters. The summed E-state index contributed by atoms with van der Waals surface area (Å²) in [6.45, 7) is 4.92. The van der Waals surface area contributed by atoms with E-state index in [1.807, 2.05) is 42.6 Å². The zero-order valence-electron chi connectivity index (χ0n) is 19.1. The average molecular weight is 491 g/mol. The van der Waals surface area contributed by atoms with Crippen LogP contribution in [0.4, 0.5) is 5.00 Å². The molecule has 0 saturated carbocycles. The normalized spacial score (nSPS) is 12.3. The molecular weight excluding hydrogens is 468 g/mol. The highest BCUT2D eigenvalue weighted by atomic mass is 32.1. The molecule has 3 heterocycles. The van der Waals surface area contributed by atoms with Gasteiger partial charge in [-0.3, -0.25) is 4.79 Å². The first-order valence-corrected chi connectivity index (χ1v) is 11.9. The molecule has 0 aliphatic carbocycles. The van der Waals surface area contributed by atoms with Gasteiger partial charge in [0.05, 0.1) is 6.61 Å². The van der Waals surface area contributed by atoms with E-state index in [2.05, 4.69) is 10.5 Å². The molecule has 5 rings (SSSR count). The number of anilines is 1. The Morgan fingerprint density at radius 2 is 1.77 bits per heavy atom.